The highest BCUT2D eigenvalue weighted by molar-refractivity contribution is 6.37. The van der Waals surface area contributed by atoms with E-state index in [4.69, 9.17) is 0 Å². The van der Waals surface area contributed by atoms with Gasteiger partial charge in [-0.15, -0.1) is 0 Å². The number of piperidine rings is 1. The van der Waals surface area contributed by atoms with Gasteiger partial charge in [-0.3, -0.25) is 4.79 Å². The minimum atomic E-state index is -0.245. The third-order valence-corrected chi connectivity index (χ3v) is 8.55. The Hall–Kier alpha value is -0.0775. The standard InChI is InChI=1S/C19H36N3O.C3H7.Al/c1-18(2,3)15-19(4,5)17(23)22-10-6-16(7-11-22)14-21-12-8-20-9-13-21;1-3-2;/h16,20H,1,6-15H2,2-5H3;3H,1-2H3;. The summed E-state index contributed by atoms with van der Waals surface area (Å²) in [5, 5.41) is 4.72. The van der Waals surface area contributed by atoms with Gasteiger partial charge in [-0.25, -0.2) is 0 Å². The molecule has 2 fully saturated rings. The summed E-state index contributed by atoms with van der Waals surface area (Å²) in [7, 11) is 0. The van der Waals surface area contributed by atoms with Gasteiger partial charge < -0.3 is 15.1 Å². The Morgan fingerprint density at radius 3 is 2.22 bits per heavy atom. The lowest BCUT2D eigenvalue weighted by atomic mass is 9.75. The minimum Gasteiger partial charge on any atom is -0.342 e. The van der Waals surface area contributed by atoms with Crippen molar-refractivity contribution in [3.8, 4) is 0 Å². The van der Waals surface area contributed by atoms with E-state index in [1.807, 2.05) is 0 Å². The number of hydrogen-bond acceptors (Lipinski definition) is 3. The second-order valence-electron chi connectivity index (χ2n) is 10.7. The molecule has 0 spiro atoms. The van der Waals surface area contributed by atoms with Crippen molar-refractivity contribution < 1.29 is 4.79 Å². The number of likely N-dealkylation sites (tertiary alicyclic amines) is 1. The first-order chi connectivity index (χ1) is 12.6. The topological polar surface area (TPSA) is 35.6 Å². The number of carbonyl (C=O) groups is 1. The molecule has 4 nitrogen and oxygen atoms in total. The molecule has 2 saturated heterocycles. The van der Waals surface area contributed by atoms with E-state index in [0.717, 1.165) is 43.3 Å². The van der Waals surface area contributed by atoms with Crippen LogP contribution in [0.5, 0.6) is 0 Å². The minimum absolute atomic E-state index is 0.245. The fourth-order valence-corrected chi connectivity index (χ4v) is 6.16. The van der Waals surface area contributed by atoms with Crippen molar-refractivity contribution in [1.29, 1.82) is 0 Å². The molecule has 155 valence electrons. The number of nitrogens with one attached hydrogen (secondary N) is 1. The van der Waals surface area contributed by atoms with Gasteiger partial charge in [0, 0.05) is 51.2 Å². The molecule has 2 aliphatic rings. The summed E-state index contributed by atoms with van der Waals surface area (Å²) in [5.41, 5.74) is 0.0185. The number of carbonyl (C=O) groups excluding carboxylic acids is 1. The van der Waals surface area contributed by atoms with E-state index in [9.17, 15) is 4.79 Å². The van der Waals surface area contributed by atoms with Gasteiger partial charge >= 0.3 is 0 Å². The van der Waals surface area contributed by atoms with E-state index in [0.29, 0.717) is 21.1 Å². The van der Waals surface area contributed by atoms with Crippen molar-refractivity contribution in [3.05, 3.63) is 0 Å². The zero-order valence-electron chi connectivity index (χ0n) is 18.8. The highest BCUT2D eigenvalue weighted by Crippen LogP contribution is 2.39. The fourth-order valence-electron chi connectivity index (χ4n) is 4.90. The molecule has 2 rings (SSSR count). The first kappa shape index (κ1) is 23.2. The van der Waals surface area contributed by atoms with Gasteiger partial charge in [0.2, 0.25) is 21.1 Å². The highest BCUT2D eigenvalue weighted by atomic mass is 27.1. The van der Waals surface area contributed by atoms with Crippen LogP contribution < -0.4 is 5.32 Å². The fraction of sp³-hybridized carbons (Fsp3) is 0.955. The van der Waals surface area contributed by atoms with Crippen LogP contribution in [0.1, 0.15) is 60.8 Å². The molecular formula is C22H43AlN3O. The first-order valence-corrected chi connectivity index (χ1v) is 12.6. The molecule has 5 heteroatoms. The predicted molar refractivity (Wildman–Crippen MR) is 116 cm³/mol. The van der Waals surface area contributed by atoms with Gasteiger partial charge in [-0.1, -0.05) is 51.6 Å². The van der Waals surface area contributed by atoms with Crippen LogP contribution >= 0.6 is 0 Å². The largest absolute Gasteiger partial charge is 0.342 e. The van der Waals surface area contributed by atoms with E-state index in [1.54, 1.807) is 0 Å². The molecule has 0 aliphatic carbocycles. The van der Waals surface area contributed by atoms with Crippen LogP contribution in [0.2, 0.25) is 10.1 Å². The zero-order chi connectivity index (χ0) is 20.1. The van der Waals surface area contributed by atoms with Crippen molar-refractivity contribution in [2.24, 2.45) is 16.7 Å². The summed E-state index contributed by atoms with van der Waals surface area (Å²) >= 11 is 0.481. The quantitative estimate of drug-likeness (QED) is 0.642. The van der Waals surface area contributed by atoms with Crippen molar-refractivity contribution in [3.63, 3.8) is 0 Å². The average Bonchev–Trinajstić information content (AvgIpc) is 2.60. The summed E-state index contributed by atoms with van der Waals surface area (Å²) < 4.78 is 0.817. The Bertz CT molecular complexity index is 464. The second-order valence-corrected chi connectivity index (χ2v) is 12.9. The lowest BCUT2D eigenvalue weighted by Crippen LogP contribution is -2.49. The Balaban J connectivity index is 1.80. The highest BCUT2D eigenvalue weighted by Gasteiger charge is 2.38. The van der Waals surface area contributed by atoms with Crippen molar-refractivity contribution in [2.45, 2.75) is 70.9 Å². The number of hydrogen-bond donors (Lipinski definition) is 1. The summed E-state index contributed by atoms with van der Waals surface area (Å²) in [6.07, 6.45) is 3.35. The molecule has 2 heterocycles. The number of piperazine rings is 1. The molecule has 2 aliphatic heterocycles. The average molecular weight is 393 g/mol. The van der Waals surface area contributed by atoms with Crippen LogP contribution in [0.15, 0.2) is 0 Å². The number of amides is 1. The molecule has 1 radical (unpaired) electrons. The van der Waals surface area contributed by atoms with Crippen molar-refractivity contribution >= 4 is 21.1 Å². The van der Waals surface area contributed by atoms with Crippen molar-refractivity contribution in [2.75, 3.05) is 45.8 Å². The third-order valence-electron chi connectivity index (χ3n) is 6.27. The van der Waals surface area contributed by atoms with Gasteiger partial charge in [0.05, 0.1) is 0 Å². The molecule has 0 aromatic heterocycles. The van der Waals surface area contributed by atoms with Crippen LogP contribution in [0.4, 0.5) is 0 Å². The normalized spacial score (nSPS) is 20.9. The maximum absolute atomic E-state index is 13.2. The van der Waals surface area contributed by atoms with Crippen LogP contribution in [0.3, 0.4) is 0 Å². The van der Waals surface area contributed by atoms with Crippen LogP contribution in [-0.2, 0) is 4.79 Å². The molecule has 1 amide bonds. The van der Waals surface area contributed by atoms with Gasteiger partial charge in [-0.05, 0) is 30.6 Å². The van der Waals surface area contributed by atoms with E-state index >= 15 is 0 Å². The van der Waals surface area contributed by atoms with E-state index in [2.05, 4.69) is 56.7 Å². The summed E-state index contributed by atoms with van der Waals surface area (Å²) in [6.45, 7) is 21.5. The summed E-state index contributed by atoms with van der Waals surface area (Å²) in [5.74, 6) is 1.15. The van der Waals surface area contributed by atoms with Gasteiger partial charge in [0.25, 0.3) is 0 Å². The maximum atomic E-state index is 13.2. The molecule has 1 N–H and O–H groups in total. The molecule has 0 bridgehead atoms. The zero-order valence-corrected chi connectivity index (χ0v) is 20.0. The molecule has 27 heavy (non-hydrogen) atoms. The molecule has 0 aromatic rings. The van der Waals surface area contributed by atoms with Crippen LogP contribution in [0, 0.1) is 16.7 Å². The van der Waals surface area contributed by atoms with Gasteiger partial charge in [-0.2, -0.15) is 0 Å². The van der Waals surface area contributed by atoms with Crippen molar-refractivity contribution in [1.82, 2.24) is 15.1 Å². The van der Waals surface area contributed by atoms with Crippen LogP contribution in [-0.4, -0.2) is 76.7 Å². The van der Waals surface area contributed by atoms with Gasteiger partial charge in [0.1, 0.15) is 0 Å². The lowest BCUT2D eigenvalue weighted by molar-refractivity contribution is -0.143. The Labute approximate surface area is 174 Å². The SMILES string of the molecule is C[CH](C)[Al][CH2]C(C)(C)CC(C)(C)C(=O)N1CCC(CN2CCNCC2)CC1. The van der Waals surface area contributed by atoms with Crippen LogP contribution in [0.25, 0.3) is 0 Å². The van der Waals surface area contributed by atoms with E-state index < -0.39 is 0 Å². The Morgan fingerprint density at radius 1 is 1.07 bits per heavy atom. The molecular weight excluding hydrogens is 349 g/mol. The third kappa shape index (κ3) is 7.69. The second kappa shape index (κ2) is 10.1. The van der Waals surface area contributed by atoms with E-state index in [-0.39, 0.29) is 10.8 Å². The molecule has 0 saturated carbocycles. The smallest absolute Gasteiger partial charge is 0.228 e. The maximum Gasteiger partial charge on any atom is 0.228 e. The summed E-state index contributed by atoms with van der Waals surface area (Å²) in [6, 6.07) is 0. The number of nitrogens with zero attached hydrogens (tertiary/aromatic N) is 2. The molecule has 0 atom stereocenters. The first-order valence-electron chi connectivity index (χ1n) is 11.1. The Kier molecular flexibility index (Phi) is 8.68. The summed E-state index contributed by atoms with van der Waals surface area (Å²) in [4.78, 5) is 18.0. The monoisotopic (exact) mass is 392 g/mol. The predicted octanol–water partition coefficient (Wildman–Crippen LogP) is 3.52. The van der Waals surface area contributed by atoms with E-state index in [1.165, 1.54) is 37.8 Å². The molecule has 0 aromatic carbocycles. The Morgan fingerprint density at radius 2 is 1.67 bits per heavy atom. The van der Waals surface area contributed by atoms with Gasteiger partial charge in [0.15, 0.2) is 0 Å². The number of rotatable bonds is 8. The lowest BCUT2D eigenvalue weighted by Gasteiger charge is -2.41. The molecule has 0 unspecified atom stereocenters.